The molecule has 2 rings (SSSR count). The fourth-order valence-electron chi connectivity index (χ4n) is 1.11. The first kappa shape index (κ1) is 7.74. The van der Waals surface area contributed by atoms with E-state index in [0.29, 0.717) is 0 Å². The first-order valence-corrected chi connectivity index (χ1v) is 3.97. The molecule has 2 aromatic rings. The molecule has 0 fully saturated rings. The highest BCUT2D eigenvalue weighted by Gasteiger charge is 2.09. The molecule has 0 spiro atoms. The van der Waals surface area contributed by atoms with Crippen molar-refractivity contribution in [2.24, 2.45) is 0 Å². The smallest absolute Gasteiger partial charge is 0.248 e. The van der Waals surface area contributed by atoms with Crippen molar-refractivity contribution in [1.82, 2.24) is 14.6 Å². The fraction of sp³-hybridized carbons (Fsp3) is 0.222. The van der Waals surface area contributed by atoms with Gasteiger partial charge in [-0.1, -0.05) is 0 Å². The highest BCUT2D eigenvalue weighted by atomic mass is 15.2. The van der Waals surface area contributed by atoms with Crippen LogP contribution in [0.3, 0.4) is 0 Å². The lowest BCUT2D eigenvalue weighted by molar-refractivity contribution is 0.871. The van der Waals surface area contributed by atoms with Crippen LogP contribution >= 0.6 is 0 Å². The average molecular weight is 172 g/mol. The molecule has 13 heavy (non-hydrogen) atoms. The van der Waals surface area contributed by atoms with Crippen molar-refractivity contribution in [2.75, 3.05) is 0 Å². The molecule has 1 atom stereocenters. The molecule has 0 aliphatic heterocycles. The first-order chi connectivity index (χ1) is 6.31. The topological polar surface area (TPSA) is 34.5 Å². The van der Waals surface area contributed by atoms with Gasteiger partial charge in [0.15, 0.2) is 5.65 Å². The van der Waals surface area contributed by atoms with Gasteiger partial charge in [0, 0.05) is 25.4 Å². The molecule has 4 heteroatoms. The Morgan fingerprint density at radius 1 is 1.62 bits per heavy atom. The molecule has 2 heterocycles. The van der Waals surface area contributed by atoms with Crippen molar-refractivity contribution in [1.29, 1.82) is 0 Å². The maximum absolute atomic E-state index is 6.88. The Bertz CT molecular complexity index is 466. The molecule has 4 nitrogen and oxygen atoms in total. The second-order valence-corrected chi connectivity index (χ2v) is 2.83. The van der Waals surface area contributed by atoms with Crippen molar-refractivity contribution >= 4 is 5.65 Å². The second kappa shape index (κ2) is 2.87. The zero-order valence-electron chi connectivity index (χ0n) is 7.18. The maximum Gasteiger partial charge on any atom is 0.248 e. The molecule has 0 saturated carbocycles. The third kappa shape index (κ3) is 1.25. The molecule has 2 aromatic heterocycles. The predicted octanol–water partition coefficient (Wildman–Crippen LogP) is 1.71. The van der Waals surface area contributed by atoms with Crippen LogP contribution in [0.15, 0.2) is 24.7 Å². The summed E-state index contributed by atoms with van der Waals surface area (Å²) in [5.41, 5.74) is 1.70. The third-order valence-electron chi connectivity index (χ3n) is 1.94. The summed E-state index contributed by atoms with van der Waals surface area (Å²) in [4.78, 5) is 7.59. The molecular weight excluding hydrogens is 164 g/mol. The van der Waals surface area contributed by atoms with E-state index in [9.17, 15) is 0 Å². The first-order valence-electron chi connectivity index (χ1n) is 3.97. The van der Waals surface area contributed by atoms with Gasteiger partial charge in [-0.15, -0.1) is 0 Å². The maximum atomic E-state index is 6.88. The predicted molar refractivity (Wildman–Crippen MR) is 48.0 cm³/mol. The summed E-state index contributed by atoms with van der Waals surface area (Å²) in [6.07, 6.45) is 5.25. The standard InChI is InChI=1S/C9H8N4/c1-7(10-2)8-5-11-9-3-4-12-13(9)6-8/h3-7H,1H3. The molecule has 0 amide bonds. The van der Waals surface area contributed by atoms with Crippen molar-refractivity contribution in [3.8, 4) is 0 Å². The fourth-order valence-corrected chi connectivity index (χ4v) is 1.11. The Kier molecular flexibility index (Phi) is 1.71. The van der Waals surface area contributed by atoms with Gasteiger partial charge in [-0.25, -0.2) is 16.1 Å². The number of hydrogen-bond donors (Lipinski definition) is 0. The Morgan fingerprint density at radius 3 is 3.23 bits per heavy atom. The molecule has 0 bridgehead atoms. The largest absolute Gasteiger partial charge is 0.309 e. The van der Waals surface area contributed by atoms with Gasteiger partial charge in [-0.3, -0.25) is 0 Å². The number of hydrogen-bond acceptors (Lipinski definition) is 2. The minimum absolute atomic E-state index is 0.152. The highest BCUT2D eigenvalue weighted by molar-refractivity contribution is 5.36. The van der Waals surface area contributed by atoms with E-state index in [0.717, 1.165) is 11.2 Å². The van der Waals surface area contributed by atoms with Crippen molar-refractivity contribution in [3.63, 3.8) is 0 Å². The third-order valence-corrected chi connectivity index (χ3v) is 1.94. The summed E-state index contributed by atoms with van der Waals surface area (Å²) < 4.78 is 1.68. The number of nitrogens with zero attached hydrogens (tertiary/aromatic N) is 4. The van der Waals surface area contributed by atoms with Crippen LogP contribution in [-0.2, 0) is 0 Å². The van der Waals surface area contributed by atoms with E-state index in [-0.39, 0.29) is 6.04 Å². The molecule has 0 saturated heterocycles. The summed E-state index contributed by atoms with van der Waals surface area (Å²) >= 11 is 0. The molecular formula is C9H8N4. The van der Waals surface area contributed by atoms with E-state index in [2.05, 4.69) is 14.9 Å². The van der Waals surface area contributed by atoms with Gasteiger partial charge >= 0.3 is 0 Å². The van der Waals surface area contributed by atoms with Crippen molar-refractivity contribution in [2.45, 2.75) is 13.0 Å². The molecule has 1 unspecified atom stereocenters. The van der Waals surface area contributed by atoms with Gasteiger partial charge in [-0.2, -0.15) is 5.10 Å². The summed E-state index contributed by atoms with van der Waals surface area (Å²) in [6.45, 7) is 8.73. The van der Waals surface area contributed by atoms with Crippen LogP contribution < -0.4 is 0 Å². The lowest BCUT2D eigenvalue weighted by Gasteiger charge is -1.98. The van der Waals surface area contributed by atoms with E-state index >= 15 is 0 Å². The zero-order valence-corrected chi connectivity index (χ0v) is 7.18. The minimum Gasteiger partial charge on any atom is -0.309 e. The number of rotatable bonds is 1. The highest BCUT2D eigenvalue weighted by Crippen LogP contribution is 2.14. The lowest BCUT2D eigenvalue weighted by Crippen LogP contribution is -1.95. The van der Waals surface area contributed by atoms with E-state index < -0.39 is 0 Å². The Labute approximate surface area is 75.7 Å². The zero-order chi connectivity index (χ0) is 9.26. The van der Waals surface area contributed by atoms with Crippen LogP contribution in [0.2, 0.25) is 0 Å². The SMILES string of the molecule is [C-]#[N+]C(C)c1cnc2ccnn2c1. The molecule has 0 N–H and O–H groups in total. The molecule has 64 valence electrons. The van der Waals surface area contributed by atoms with Gasteiger partial charge in [0.1, 0.15) is 0 Å². The quantitative estimate of drug-likeness (QED) is 0.614. The Balaban J connectivity index is 2.55. The lowest BCUT2D eigenvalue weighted by atomic mass is 10.2. The van der Waals surface area contributed by atoms with E-state index in [1.165, 1.54) is 0 Å². The molecule has 0 aromatic carbocycles. The van der Waals surface area contributed by atoms with E-state index in [1.807, 2.05) is 19.2 Å². The van der Waals surface area contributed by atoms with Crippen LogP contribution in [0.25, 0.3) is 10.5 Å². The van der Waals surface area contributed by atoms with E-state index in [4.69, 9.17) is 6.57 Å². The Hall–Kier alpha value is -1.89. The summed E-state index contributed by atoms with van der Waals surface area (Å²) in [6, 6.07) is 1.67. The van der Waals surface area contributed by atoms with Crippen LogP contribution in [0, 0.1) is 6.57 Å². The van der Waals surface area contributed by atoms with Gasteiger partial charge < -0.3 is 4.85 Å². The molecule has 0 aliphatic carbocycles. The van der Waals surface area contributed by atoms with Gasteiger partial charge in [0.05, 0.1) is 11.8 Å². The summed E-state index contributed by atoms with van der Waals surface area (Å²) in [7, 11) is 0. The average Bonchev–Trinajstić information content (AvgIpc) is 2.63. The monoisotopic (exact) mass is 172 g/mol. The van der Waals surface area contributed by atoms with E-state index in [1.54, 1.807) is 16.9 Å². The number of aromatic nitrogens is 3. The van der Waals surface area contributed by atoms with Gasteiger partial charge in [0.2, 0.25) is 6.04 Å². The van der Waals surface area contributed by atoms with Crippen LogP contribution in [-0.4, -0.2) is 14.6 Å². The van der Waals surface area contributed by atoms with Gasteiger partial charge in [-0.05, 0) is 0 Å². The second-order valence-electron chi connectivity index (χ2n) is 2.83. The molecule has 0 radical (unpaired) electrons. The molecule has 0 aliphatic rings. The summed E-state index contributed by atoms with van der Waals surface area (Å²) in [5, 5.41) is 4.05. The normalized spacial score (nSPS) is 12.6. The summed E-state index contributed by atoms with van der Waals surface area (Å²) in [5.74, 6) is 0. The Morgan fingerprint density at radius 2 is 2.46 bits per heavy atom. The van der Waals surface area contributed by atoms with Crippen molar-refractivity contribution in [3.05, 3.63) is 41.6 Å². The van der Waals surface area contributed by atoms with Crippen LogP contribution in [0.1, 0.15) is 18.5 Å². The van der Waals surface area contributed by atoms with Gasteiger partial charge in [0.25, 0.3) is 0 Å². The number of fused-ring (bicyclic) bond motifs is 1. The van der Waals surface area contributed by atoms with Crippen molar-refractivity contribution < 1.29 is 0 Å². The minimum atomic E-state index is -0.152. The van der Waals surface area contributed by atoms with Crippen LogP contribution in [0.5, 0.6) is 0 Å². The van der Waals surface area contributed by atoms with Crippen LogP contribution in [0.4, 0.5) is 0 Å².